The Hall–Kier alpha value is -3.20. The first kappa shape index (κ1) is 30.3. The van der Waals surface area contributed by atoms with Gasteiger partial charge in [0.15, 0.2) is 12.4 Å². The van der Waals surface area contributed by atoms with E-state index in [4.69, 9.17) is 9.57 Å². The van der Waals surface area contributed by atoms with Gasteiger partial charge in [0.2, 0.25) is 0 Å². The quantitative estimate of drug-likeness (QED) is 0.309. The zero-order valence-corrected chi connectivity index (χ0v) is 25.2. The smallest absolute Gasteiger partial charge is 0.328 e. The first-order chi connectivity index (χ1) is 19.9. The highest BCUT2D eigenvalue weighted by molar-refractivity contribution is 5.96. The van der Waals surface area contributed by atoms with Crippen LogP contribution in [0.25, 0.3) is 0 Å². The van der Waals surface area contributed by atoms with Crippen molar-refractivity contribution in [2.45, 2.75) is 90.2 Å². The van der Waals surface area contributed by atoms with Crippen LogP contribution in [0.4, 0.5) is 0 Å². The molecule has 0 aliphatic heterocycles. The van der Waals surface area contributed by atoms with Crippen molar-refractivity contribution in [1.82, 2.24) is 5.32 Å². The van der Waals surface area contributed by atoms with Crippen LogP contribution in [0.2, 0.25) is 0 Å². The Bertz CT molecular complexity index is 1290. The number of aliphatic hydroxyl groups is 1. The topological polar surface area (TPSA) is 135 Å². The fraction of sp³-hybridized carbons (Fsp3) is 0.636. The number of esters is 1. The van der Waals surface area contributed by atoms with Gasteiger partial charge in [-0.15, -0.1) is 0 Å². The van der Waals surface area contributed by atoms with Crippen molar-refractivity contribution >= 4 is 23.4 Å². The van der Waals surface area contributed by atoms with Crippen LogP contribution in [-0.2, 0) is 30.4 Å². The van der Waals surface area contributed by atoms with Gasteiger partial charge in [-0.25, -0.2) is 4.79 Å². The van der Waals surface area contributed by atoms with Crippen LogP contribution in [0.5, 0.6) is 5.75 Å². The van der Waals surface area contributed by atoms with E-state index < -0.39 is 23.5 Å². The highest BCUT2D eigenvalue weighted by Gasteiger charge is 2.65. The van der Waals surface area contributed by atoms with Crippen LogP contribution < -0.4 is 5.32 Å². The first-order valence-electron chi connectivity index (χ1n) is 15.2. The number of allylic oxidation sites excluding steroid dienone is 2. The zero-order chi connectivity index (χ0) is 30.3. The van der Waals surface area contributed by atoms with Crippen molar-refractivity contribution in [3.8, 4) is 5.75 Å². The van der Waals surface area contributed by atoms with Gasteiger partial charge in [0, 0.05) is 11.8 Å². The number of ketones is 1. The molecule has 3 saturated carbocycles. The highest BCUT2D eigenvalue weighted by Crippen LogP contribution is 2.67. The van der Waals surface area contributed by atoms with E-state index in [9.17, 15) is 24.6 Å². The first-order valence-corrected chi connectivity index (χ1v) is 15.2. The predicted molar refractivity (Wildman–Crippen MR) is 156 cm³/mol. The number of phenolic OH excluding ortho intramolecular Hbond substituents is 1. The lowest BCUT2D eigenvalue weighted by Crippen LogP contribution is -2.57. The molecule has 228 valence electrons. The van der Waals surface area contributed by atoms with Crippen LogP contribution in [0, 0.1) is 28.6 Å². The summed E-state index contributed by atoms with van der Waals surface area (Å²) < 4.78 is 4.85. The number of nitrogens with one attached hydrogen (secondary N) is 1. The van der Waals surface area contributed by atoms with Crippen molar-refractivity contribution < 1.29 is 34.2 Å². The van der Waals surface area contributed by atoms with E-state index in [0.29, 0.717) is 24.2 Å². The molecule has 3 N–H and O–H groups in total. The van der Waals surface area contributed by atoms with Gasteiger partial charge in [-0.05, 0) is 105 Å². The molecule has 42 heavy (non-hydrogen) atoms. The van der Waals surface area contributed by atoms with Crippen LogP contribution in [0.1, 0.15) is 77.7 Å². The molecule has 0 heterocycles. The maximum absolute atomic E-state index is 12.6. The van der Waals surface area contributed by atoms with Crippen LogP contribution in [0.15, 0.2) is 41.1 Å². The number of amides is 1. The van der Waals surface area contributed by atoms with Crippen molar-refractivity contribution in [2.75, 3.05) is 13.7 Å². The van der Waals surface area contributed by atoms with Gasteiger partial charge in [-0.2, -0.15) is 0 Å². The summed E-state index contributed by atoms with van der Waals surface area (Å²) in [6, 6.07) is 5.52. The number of carbonyl (C=O) groups is 3. The van der Waals surface area contributed by atoms with Crippen molar-refractivity contribution in [2.24, 2.45) is 33.7 Å². The van der Waals surface area contributed by atoms with Crippen molar-refractivity contribution in [3.05, 3.63) is 41.5 Å². The summed E-state index contributed by atoms with van der Waals surface area (Å²) in [4.78, 5) is 42.8. The third kappa shape index (κ3) is 5.25. The predicted octanol–water partition coefficient (Wildman–Crippen LogP) is 4.25. The van der Waals surface area contributed by atoms with Crippen LogP contribution in [0.3, 0.4) is 0 Å². The van der Waals surface area contributed by atoms with Crippen LogP contribution >= 0.6 is 0 Å². The van der Waals surface area contributed by atoms with Gasteiger partial charge in [-0.3, -0.25) is 9.59 Å². The maximum Gasteiger partial charge on any atom is 0.328 e. The van der Waals surface area contributed by atoms with Gasteiger partial charge >= 0.3 is 5.97 Å². The second kappa shape index (κ2) is 11.5. The van der Waals surface area contributed by atoms with E-state index in [-0.39, 0.29) is 35.4 Å². The number of methoxy groups -OCH3 is 1. The molecule has 3 fully saturated rings. The number of fused-ring (bicyclic) bond motifs is 5. The normalized spacial score (nSPS) is 35.2. The number of oxime groups is 1. The fourth-order valence-corrected chi connectivity index (χ4v) is 8.85. The minimum absolute atomic E-state index is 0.0551. The number of ether oxygens (including phenoxy) is 1. The van der Waals surface area contributed by atoms with Gasteiger partial charge in [0.25, 0.3) is 5.91 Å². The summed E-state index contributed by atoms with van der Waals surface area (Å²) in [5.41, 5.74) is 1.47. The summed E-state index contributed by atoms with van der Waals surface area (Å²) in [6.07, 6.45) is 9.44. The molecule has 9 heteroatoms. The molecule has 9 nitrogen and oxygen atoms in total. The fourth-order valence-electron chi connectivity index (χ4n) is 8.85. The molecule has 5 rings (SSSR count). The number of nitrogens with zero attached hydrogens (tertiary/aromatic N) is 1. The molecule has 0 unspecified atom stereocenters. The van der Waals surface area contributed by atoms with Crippen molar-refractivity contribution in [3.63, 3.8) is 0 Å². The lowest BCUT2D eigenvalue weighted by atomic mass is 9.46. The molecule has 1 aromatic rings. The van der Waals surface area contributed by atoms with Gasteiger partial charge in [0.1, 0.15) is 17.4 Å². The number of carbonyl (C=O) groups excluding carboxylic acids is 3. The Balaban J connectivity index is 1.20. The number of hydrogen-bond donors (Lipinski definition) is 3. The number of Topliss-reactive ketones (excluding diaryl/α,β-unsaturated/α-hetero) is 1. The van der Waals surface area contributed by atoms with Gasteiger partial charge in [-0.1, -0.05) is 36.7 Å². The molecular weight excluding hydrogens is 536 g/mol. The summed E-state index contributed by atoms with van der Waals surface area (Å²) in [5.74, 6) is 0.371. The number of aromatic hydroxyl groups is 1. The van der Waals surface area contributed by atoms with Crippen molar-refractivity contribution in [1.29, 1.82) is 0 Å². The third-order valence-corrected chi connectivity index (χ3v) is 11.3. The number of rotatable bonds is 8. The molecule has 0 aromatic heterocycles. The molecule has 0 bridgehead atoms. The van der Waals surface area contributed by atoms with E-state index >= 15 is 0 Å². The van der Waals surface area contributed by atoms with Gasteiger partial charge < -0.3 is 25.1 Å². The molecule has 7 atom stereocenters. The van der Waals surface area contributed by atoms with E-state index in [0.717, 1.165) is 56.2 Å². The summed E-state index contributed by atoms with van der Waals surface area (Å²) >= 11 is 0. The number of benzene rings is 1. The lowest BCUT2D eigenvalue weighted by Gasteiger charge is -2.59. The van der Waals surface area contributed by atoms with E-state index in [1.54, 1.807) is 19.1 Å². The highest BCUT2D eigenvalue weighted by atomic mass is 16.6. The largest absolute Gasteiger partial charge is 0.508 e. The van der Waals surface area contributed by atoms with E-state index in [1.165, 1.54) is 24.8 Å². The summed E-state index contributed by atoms with van der Waals surface area (Å²) in [5, 5.41) is 27.8. The SMILES string of the molecule is COC(=O)[C@@H](Cc1ccc(O)cc1)NC(=O)CON=C1C=C2CC[C@@H]3[C@@H](CC[C@@]4(C)[C@@H]3CC[C@@]4(O)C(C)=O)[C@@]2(C)CC1. The minimum atomic E-state index is -1.20. The second-order valence-electron chi connectivity index (χ2n) is 13.3. The molecule has 4 aliphatic rings. The van der Waals surface area contributed by atoms with Gasteiger partial charge in [0.05, 0.1) is 12.8 Å². The Labute approximate surface area is 247 Å². The molecule has 0 spiro atoms. The standard InChI is InChI=1S/C33H44N2O7/c1-20(36)33(40)16-13-27-25-10-7-22-18-23(11-14-31(22,2)26(25)12-15-32(27,33)3)35-42-19-29(38)34-28(30(39)41-4)17-21-5-8-24(37)9-6-21/h5-6,8-9,18,25-28,37,40H,7,10-17,19H2,1-4H3,(H,34,38)/t25-,26-,27-,28-,31+,32+,33-/m1/s1. The molecule has 4 aliphatic carbocycles. The minimum Gasteiger partial charge on any atom is -0.508 e. The third-order valence-electron chi connectivity index (χ3n) is 11.3. The van der Waals surface area contributed by atoms with E-state index in [1.807, 2.05) is 0 Å². The molecule has 0 saturated heterocycles. The summed E-state index contributed by atoms with van der Waals surface area (Å²) in [6.45, 7) is 5.75. The Morgan fingerprint density at radius 2 is 1.76 bits per heavy atom. The monoisotopic (exact) mass is 580 g/mol. The van der Waals surface area contributed by atoms with Crippen LogP contribution in [-0.4, -0.2) is 58.9 Å². The number of hydrogen-bond acceptors (Lipinski definition) is 8. The number of phenols is 1. The average molecular weight is 581 g/mol. The van der Waals surface area contributed by atoms with E-state index in [2.05, 4.69) is 30.4 Å². The zero-order valence-electron chi connectivity index (χ0n) is 25.2. The summed E-state index contributed by atoms with van der Waals surface area (Å²) in [7, 11) is 1.27. The second-order valence-corrected chi connectivity index (χ2v) is 13.3. The Morgan fingerprint density at radius 1 is 1.05 bits per heavy atom. The maximum atomic E-state index is 12.6. The Kier molecular flexibility index (Phi) is 8.27. The molecule has 0 radical (unpaired) electrons. The lowest BCUT2D eigenvalue weighted by molar-refractivity contribution is -0.159. The Morgan fingerprint density at radius 3 is 2.45 bits per heavy atom. The molecule has 1 amide bonds. The average Bonchev–Trinajstić information content (AvgIpc) is 3.25. The molecule has 1 aromatic carbocycles. The molecular formula is C33H44N2O7.